The van der Waals surface area contributed by atoms with Crippen molar-refractivity contribution in [3.8, 4) is 0 Å². The molecule has 0 unspecified atom stereocenters. The van der Waals surface area contributed by atoms with Crippen LogP contribution in [0.4, 0.5) is 4.39 Å². The monoisotopic (exact) mass is 447 g/mol. The Morgan fingerprint density at radius 2 is 1.91 bits per heavy atom. The fourth-order valence-electron chi connectivity index (χ4n) is 2.23. The molecule has 1 aromatic heterocycles. The van der Waals surface area contributed by atoms with E-state index in [1.54, 1.807) is 24.5 Å². The molecule has 0 aliphatic heterocycles. The van der Waals surface area contributed by atoms with Gasteiger partial charge in [-0.05, 0) is 54.5 Å². The highest BCUT2D eigenvalue weighted by Crippen LogP contribution is 2.10. The van der Waals surface area contributed by atoms with Crippen LogP contribution in [0.3, 0.4) is 0 Å². The molecule has 0 aliphatic carbocycles. The second kappa shape index (κ2) is 10.6. The topological polar surface area (TPSA) is 36.4 Å². The summed E-state index contributed by atoms with van der Waals surface area (Å²) in [6.45, 7) is 3.56. The molecule has 1 heterocycles. The number of halogens is 2. The molecule has 1 aromatic carbocycles. The second-order valence-electron chi connectivity index (χ2n) is 5.08. The van der Waals surface area contributed by atoms with Crippen molar-refractivity contribution >= 4 is 41.3 Å². The van der Waals surface area contributed by atoms with Crippen LogP contribution in [0.15, 0.2) is 40.7 Å². The summed E-state index contributed by atoms with van der Waals surface area (Å²) in [5.74, 6) is 0.622. The molecule has 0 fully saturated rings. The highest BCUT2D eigenvalue weighted by Gasteiger charge is 2.02. The average Bonchev–Trinajstić information content (AvgIpc) is 3.01. The van der Waals surface area contributed by atoms with Gasteiger partial charge in [0.05, 0.1) is 0 Å². The van der Waals surface area contributed by atoms with Gasteiger partial charge in [-0.2, -0.15) is 0 Å². The molecule has 0 radical (unpaired) electrons. The van der Waals surface area contributed by atoms with Gasteiger partial charge in [0.15, 0.2) is 5.96 Å². The molecule has 2 aromatic rings. The standard InChI is InChI=1S/C17H22FN3S.HI/c1-13-12-15(18)6-5-14(13)7-9-20-17(19-2)21-10-8-16-4-3-11-22-16;/h3-6,11-12H,7-10H2,1-2H3,(H2,19,20,21);1H. The zero-order valence-corrected chi connectivity index (χ0v) is 16.6. The molecule has 0 amide bonds. The Morgan fingerprint density at radius 1 is 1.17 bits per heavy atom. The third kappa shape index (κ3) is 6.87. The number of nitrogens with zero attached hydrogens (tertiary/aromatic N) is 1. The highest BCUT2D eigenvalue weighted by atomic mass is 127. The number of thiophene rings is 1. The van der Waals surface area contributed by atoms with E-state index in [1.165, 1.54) is 10.9 Å². The predicted octanol–water partition coefficient (Wildman–Crippen LogP) is 3.76. The summed E-state index contributed by atoms with van der Waals surface area (Å²) in [5, 5.41) is 8.68. The molecule has 2 N–H and O–H groups in total. The SMILES string of the molecule is CN=C(NCCc1cccs1)NCCc1ccc(F)cc1C.I. The second-order valence-corrected chi connectivity index (χ2v) is 6.11. The van der Waals surface area contributed by atoms with E-state index < -0.39 is 0 Å². The minimum atomic E-state index is -0.180. The van der Waals surface area contributed by atoms with Crippen molar-refractivity contribution < 1.29 is 4.39 Å². The molecule has 0 saturated heterocycles. The normalized spacial score (nSPS) is 11.0. The Bertz CT molecular complexity index is 614. The molecule has 0 spiro atoms. The average molecular weight is 447 g/mol. The number of hydrogen-bond donors (Lipinski definition) is 2. The van der Waals surface area contributed by atoms with Gasteiger partial charge in [-0.15, -0.1) is 35.3 Å². The minimum Gasteiger partial charge on any atom is -0.356 e. The van der Waals surface area contributed by atoms with Crippen molar-refractivity contribution in [1.82, 2.24) is 10.6 Å². The smallest absolute Gasteiger partial charge is 0.190 e. The van der Waals surface area contributed by atoms with E-state index in [2.05, 4.69) is 33.1 Å². The van der Waals surface area contributed by atoms with Gasteiger partial charge in [0.1, 0.15) is 5.82 Å². The first-order chi connectivity index (χ1) is 10.7. The van der Waals surface area contributed by atoms with E-state index in [0.29, 0.717) is 0 Å². The lowest BCUT2D eigenvalue weighted by molar-refractivity contribution is 0.625. The fourth-order valence-corrected chi connectivity index (χ4v) is 2.94. The molecule has 2 rings (SSSR count). The van der Waals surface area contributed by atoms with Crippen molar-refractivity contribution in [2.24, 2.45) is 4.99 Å². The van der Waals surface area contributed by atoms with Crippen LogP contribution in [-0.2, 0) is 12.8 Å². The van der Waals surface area contributed by atoms with Crippen molar-refractivity contribution in [2.75, 3.05) is 20.1 Å². The molecule has 126 valence electrons. The number of guanidine groups is 1. The lowest BCUT2D eigenvalue weighted by atomic mass is 10.1. The number of hydrogen-bond acceptors (Lipinski definition) is 2. The lowest BCUT2D eigenvalue weighted by Crippen LogP contribution is -2.39. The van der Waals surface area contributed by atoms with Gasteiger partial charge in [-0.1, -0.05) is 12.1 Å². The highest BCUT2D eigenvalue weighted by molar-refractivity contribution is 14.0. The Kier molecular flexibility index (Phi) is 9.16. The minimum absolute atomic E-state index is 0. The summed E-state index contributed by atoms with van der Waals surface area (Å²) in [4.78, 5) is 5.58. The lowest BCUT2D eigenvalue weighted by Gasteiger charge is -2.12. The van der Waals surface area contributed by atoms with Gasteiger partial charge in [0, 0.05) is 25.0 Å². The number of aryl methyl sites for hydroxylation is 1. The maximum absolute atomic E-state index is 13.1. The molecule has 23 heavy (non-hydrogen) atoms. The third-order valence-electron chi connectivity index (χ3n) is 3.46. The van der Waals surface area contributed by atoms with E-state index in [1.807, 2.05) is 13.0 Å². The van der Waals surface area contributed by atoms with Crippen LogP contribution in [0.1, 0.15) is 16.0 Å². The van der Waals surface area contributed by atoms with Gasteiger partial charge in [0.2, 0.25) is 0 Å². The quantitative estimate of drug-likeness (QED) is 0.402. The summed E-state index contributed by atoms with van der Waals surface area (Å²) in [5.41, 5.74) is 2.14. The molecular weight excluding hydrogens is 424 g/mol. The predicted molar refractivity (Wildman–Crippen MR) is 108 cm³/mol. The van der Waals surface area contributed by atoms with Crippen molar-refractivity contribution in [3.05, 3.63) is 57.5 Å². The zero-order chi connectivity index (χ0) is 15.8. The number of benzene rings is 1. The van der Waals surface area contributed by atoms with Crippen LogP contribution < -0.4 is 10.6 Å². The van der Waals surface area contributed by atoms with Gasteiger partial charge >= 0.3 is 0 Å². The molecule has 0 bridgehead atoms. The molecule has 0 aliphatic rings. The summed E-state index contributed by atoms with van der Waals surface area (Å²) in [6, 6.07) is 9.14. The van der Waals surface area contributed by atoms with Gasteiger partial charge in [0.25, 0.3) is 0 Å². The van der Waals surface area contributed by atoms with Crippen molar-refractivity contribution in [2.45, 2.75) is 19.8 Å². The Labute approximate surface area is 158 Å². The van der Waals surface area contributed by atoms with Gasteiger partial charge in [-0.25, -0.2) is 4.39 Å². The van der Waals surface area contributed by atoms with E-state index in [9.17, 15) is 4.39 Å². The Balaban J connectivity index is 0.00000264. The van der Waals surface area contributed by atoms with Crippen LogP contribution in [-0.4, -0.2) is 26.1 Å². The third-order valence-corrected chi connectivity index (χ3v) is 4.40. The van der Waals surface area contributed by atoms with Crippen molar-refractivity contribution in [3.63, 3.8) is 0 Å². The number of aliphatic imine (C=N–C) groups is 1. The summed E-state index contributed by atoms with van der Waals surface area (Å²) in [7, 11) is 1.77. The zero-order valence-electron chi connectivity index (χ0n) is 13.4. The number of nitrogens with one attached hydrogen (secondary N) is 2. The van der Waals surface area contributed by atoms with E-state index in [4.69, 9.17) is 0 Å². The van der Waals surface area contributed by atoms with Crippen LogP contribution in [0.25, 0.3) is 0 Å². The fraction of sp³-hybridized carbons (Fsp3) is 0.353. The number of rotatable bonds is 6. The van der Waals surface area contributed by atoms with Gasteiger partial charge in [-0.3, -0.25) is 4.99 Å². The van der Waals surface area contributed by atoms with Crippen LogP contribution in [0, 0.1) is 12.7 Å². The van der Waals surface area contributed by atoms with Crippen LogP contribution in [0.2, 0.25) is 0 Å². The maximum atomic E-state index is 13.1. The largest absolute Gasteiger partial charge is 0.356 e. The first-order valence-corrected chi connectivity index (χ1v) is 8.29. The molecular formula is C17H23FIN3S. The maximum Gasteiger partial charge on any atom is 0.190 e. The van der Waals surface area contributed by atoms with E-state index in [0.717, 1.165) is 43.0 Å². The molecule has 0 atom stereocenters. The van der Waals surface area contributed by atoms with Gasteiger partial charge < -0.3 is 10.6 Å². The summed E-state index contributed by atoms with van der Waals surface area (Å²) in [6.07, 6.45) is 1.84. The first-order valence-electron chi connectivity index (χ1n) is 7.41. The molecule has 0 saturated carbocycles. The van der Waals surface area contributed by atoms with E-state index in [-0.39, 0.29) is 29.8 Å². The summed E-state index contributed by atoms with van der Waals surface area (Å²) < 4.78 is 13.1. The summed E-state index contributed by atoms with van der Waals surface area (Å²) >= 11 is 1.77. The Hall–Kier alpha value is -1.15. The molecule has 3 nitrogen and oxygen atoms in total. The van der Waals surface area contributed by atoms with Crippen molar-refractivity contribution in [1.29, 1.82) is 0 Å². The van der Waals surface area contributed by atoms with Crippen LogP contribution >= 0.6 is 35.3 Å². The first kappa shape index (κ1) is 19.9. The molecule has 6 heteroatoms. The Morgan fingerprint density at radius 3 is 2.52 bits per heavy atom. The van der Waals surface area contributed by atoms with Crippen LogP contribution in [0.5, 0.6) is 0 Å². The van der Waals surface area contributed by atoms with E-state index >= 15 is 0 Å².